The minimum atomic E-state index is 1.09. The molecule has 0 atom stereocenters. The first-order chi connectivity index (χ1) is 7.33. The minimum absolute atomic E-state index is 1.09. The summed E-state index contributed by atoms with van der Waals surface area (Å²) in [7, 11) is 0. The van der Waals surface area contributed by atoms with E-state index in [1.165, 1.54) is 22.9 Å². The number of hydrogen-bond donors (Lipinski definition) is 0. The number of pyridine rings is 1. The lowest BCUT2D eigenvalue weighted by atomic mass is 10.1. The third kappa shape index (κ3) is 2.17. The number of fused-ring (bicyclic) bond motifs is 1. The average molecular weight is 199 g/mol. The standard InChI is InChI=1S/C14H17N/c1-3-5-12-9-13-8-11(4-2)6-7-14(13)15-10-12/h6-10H,3-5H2,1-2H3. The van der Waals surface area contributed by atoms with Crippen LogP contribution in [-0.2, 0) is 12.8 Å². The lowest BCUT2D eigenvalue weighted by Gasteiger charge is -2.03. The van der Waals surface area contributed by atoms with E-state index in [0.29, 0.717) is 0 Å². The Kier molecular flexibility index (Phi) is 3.00. The normalized spacial score (nSPS) is 10.8. The number of aryl methyl sites for hydroxylation is 2. The monoisotopic (exact) mass is 199 g/mol. The number of rotatable bonds is 3. The van der Waals surface area contributed by atoms with Gasteiger partial charge in [0.05, 0.1) is 5.52 Å². The van der Waals surface area contributed by atoms with E-state index in [1.807, 2.05) is 6.20 Å². The van der Waals surface area contributed by atoms with Crippen LogP contribution in [0.2, 0.25) is 0 Å². The molecular weight excluding hydrogens is 182 g/mol. The van der Waals surface area contributed by atoms with Crippen molar-refractivity contribution in [1.29, 1.82) is 0 Å². The Morgan fingerprint density at radius 3 is 2.60 bits per heavy atom. The van der Waals surface area contributed by atoms with Crippen molar-refractivity contribution in [2.24, 2.45) is 0 Å². The molecule has 2 rings (SSSR count). The number of nitrogens with zero attached hydrogens (tertiary/aromatic N) is 1. The third-order valence-electron chi connectivity index (χ3n) is 2.75. The van der Waals surface area contributed by atoms with Gasteiger partial charge >= 0.3 is 0 Å². The average Bonchev–Trinajstić information content (AvgIpc) is 2.28. The molecule has 0 bridgehead atoms. The first kappa shape index (κ1) is 10.2. The Morgan fingerprint density at radius 2 is 1.87 bits per heavy atom. The first-order valence-corrected chi connectivity index (χ1v) is 5.71. The van der Waals surface area contributed by atoms with E-state index in [1.54, 1.807) is 0 Å². The molecule has 0 fully saturated rings. The summed E-state index contributed by atoms with van der Waals surface area (Å²) < 4.78 is 0. The lowest BCUT2D eigenvalue weighted by Crippen LogP contribution is -1.88. The van der Waals surface area contributed by atoms with Crippen LogP contribution in [0.1, 0.15) is 31.4 Å². The predicted octanol–water partition coefficient (Wildman–Crippen LogP) is 3.75. The Morgan fingerprint density at radius 1 is 1.07 bits per heavy atom. The van der Waals surface area contributed by atoms with E-state index >= 15 is 0 Å². The van der Waals surface area contributed by atoms with Crippen molar-refractivity contribution in [2.45, 2.75) is 33.1 Å². The van der Waals surface area contributed by atoms with E-state index in [2.05, 4.69) is 43.1 Å². The van der Waals surface area contributed by atoms with E-state index in [0.717, 1.165) is 18.4 Å². The van der Waals surface area contributed by atoms with Gasteiger partial charge in [-0.1, -0.05) is 26.3 Å². The zero-order valence-corrected chi connectivity index (χ0v) is 9.46. The molecule has 78 valence electrons. The molecule has 0 aliphatic rings. The second kappa shape index (κ2) is 4.43. The summed E-state index contributed by atoms with van der Waals surface area (Å²) in [4.78, 5) is 4.48. The molecule has 0 unspecified atom stereocenters. The maximum atomic E-state index is 4.48. The molecule has 1 aromatic heterocycles. The molecule has 0 spiro atoms. The molecule has 1 heterocycles. The Bertz CT molecular complexity index is 460. The quantitative estimate of drug-likeness (QED) is 0.733. The van der Waals surface area contributed by atoms with Crippen molar-refractivity contribution < 1.29 is 0 Å². The number of benzene rings is 1. The van der Waals surface area contributed by atoms with Gasteiger partial charge in [-0.25, -0.2) is 0 Å². The van der Waals surface area contributed by atoms with Gasteiger partial charge in [0.1, 0.15) is 0 Å². The topological polar surface area (TPSA) is 12.9 Å². The molecule has 0 saturated carbocycles. The minimum Gasteiger partial charge on any atom is -0.256 e. The van der Waals surface area contributed by atoms with Crippen molar-refractivity contribution in [2.75, 3.05) is 0 Å². The second-order valence-corrected chi connectivity index (χ2v) is 3.97. The van der Waals surface area contributed by atoms with Crippen LogP contribution in [0.25, 0.3) is 10.9 Å². The van der Waals surface area contributed by atoms with Gasteiger partial charge in [0.25, 0.3) is 0 Å². The summed E-state index contributed by atoms with van der Waals surface area (Å²) in [6, 6.07) is 8.80. The van der Waals surface area contributed by atoms with Gasteiger partial charge in [-0.2, -0.15) is 0 Å². The van der Waals surface area contributed by atoms with Crippen LogP contribution in [0.5, 0.6) is 0 Å². The molecule has 0 amide bonds. The van der Waals surface area contributed by atoms with Crippen molar-refractivity contribution >= 4 is 10.9 Å². The molecule has 1 heteroatoms. The fourth-order valence-corrected chi connectivity index (χ4v) is 1.87. The molecule has 1 aromatic carbocycles. The zero-order chi connectivity index (χ0) is 10.7. The Labute approximate surface area is 91.2 Å². The molecule has 0 N–H and O–H groups in total. The van der Waals surface area contributed by atoms with Crippen LogP contribution in [0.4, 0.5) is 0 Å². The Hall–Kier alpha value is -1.37. The van der Waals surface area contributed by atoms with Gasteiger partial charge in [-0.05, 0) is 42.2 Å². The van der Waals surface area contributed by atoms with Crippen molar-refractivity contribution in [1.82, 2.24) is 4.98 Å². The summed E-state index contributed by atoms with van der Waals surface area (Å²) in [5.41, 5.74) is 3.84. The molecule has 0 saturated heterocycles. The van der Waals surface area contributed by atoms with Crippen LogP contribution < -0.4 is 0 Å². The smallest absolute Gasteiger partial charge is 0.0702 e. The lowest BCUT2D eigenvalue weighted by molar-refractivity contribution is 0.917. The maximum Gasteiger partial charge on any atom is 0.0702 e. The van der Waals surface area contributed by atoms with Crippen molar-refractivity contribution in [3.63, 3.8) is 0 Å². The summed E-state index contributed by atoms with van der Waals surface area (Å²) in [5.74, 6) is 0. The van der Waals surface area contributed by atoms with E-state index in [-0.39, 0.29) is 0 Å². The molecule has 0 aliphatic carbocycles. The molecule has 2 aromatic rings. The molecule has 0 radical (unpaired) electrons. The fourth-order valence-electron chi connectivity index (χ4n) is 1.87. The van der Waals surface area contributed by atoms with Gasteiger partial charge < -0.3 is 0 Å². The fraction of sp³-hybridized carbons (Fsp3) is 0.357. The highest BCUT2D eigenvalue weighted by atomic mass is 14.6. The predicted molar refractivity (Wildman–Crippen MR) is 65.1 cm³/mol. The van der Waals surface area contributed by atoms with Crippen LogP contribution in [0, 0.1) is 0 Å². The maximum absolute atomic E-state index is 4.48. The van der Waals surface area contributed by atoms with Gasteiger partial charge in [0.15, 0.2) is 0 Å². The first-order valence-electron chi connectivity index (χ1n) is 5.71. The molecule has 0 aliphatic heterocycles. The van der Waals surface area contributed by atoms with Gasteiger partial charge in [0, 0.05) is 11.6 Å². The zero-order valence-electron chi connectivity index (χ0n) is 9.46. The van der Waals surface area contributed by atoms with E-state index < -0.39 is 0 Å². The van der Waals surface area contributed by atoms with Gasteiger partial charge in [0.2, 0.25) is 0 Å². The van der Waals surface area contributed by atoms with Crippen LogP contribution in [0.3, 0.4) is 0 Å². The summed E-state index contributed by atoms with van der Waals surface area (Å²) in [6.45, 7) is 4.39. The van der Waals surface area contributed by atoms with Crippen molar-refractivity contribution in [3.05, 3.63) is 41.6 Å². The largest absolute Gasteiger partial charge is 0.256 e. The molecule has 1 nitrogen and oxygen atoms in total. The third-order valence-corrected chi connectivity index (χ3v) is 2.75. The van der Waals surface area contributed by atoms with E-state index in [9.17, 15) is 0 Å². The number of aromatic nitrogens is 1. The SMILES string of the molecule is CCCc1cnc2ccc(CC)cc2c1. The Balaban J connectivity index is 2.48. The van der Waals surface area contributed by atoms with E-state index in [4.69, 9.17) is 0 Å². The highest BCUT2D eigenvalue weighted by Gasteiger charge is 1.98. The molecular formula is C14H17N. The highest BCUT2D eigenvalue weighted by molar-refractivity contribution is 5.79. The highest BCUT2D eigenvalue weighted by Crippen LogP contribution is 2.16. The van der Waals surface area contributed by atoms with Crippen LogP contribution >= 0.6 is 0 Å². The van der Waals surface area contributed by atoms with Crippen LogP contribution in [-0.4, -0.2) is 4.98 Å². The number of hydrogen-bond acceptors (Lipinski definition) is 1. The summed E-state index contributed by atoms with van der Waals surface area (Å²) in [5, 5.41) is 1.28. The molecule has 15 heavy (non-hydrogen) atoms. The second-order valence-electron chi connectivity index (χ2n) is 3.97. The van der Waals surface area contributed by atoms with Crippen LogP contribution in [0.15, 0.2) is 30.5 Å². The van der Waals surface area contributed by atoms with Gasteiger partial charge in [-0.3, -0.25) is 4.98 Å². The van der Waals surface area contributed by atoms with Gasteiger partial charge in [-0.15, -0.1) is 0 Å². The summed E-state index contributed by atoms with van der Waals surface area (Å²) >= 11 is 0. The van der Waals surface area contributed by atoms with Crippen molar-refractivity contribution in [3.8, 4) is 0 Å². The summed E-state index contributed by atoms with van der Waals surface area (Å²) in [6.07, 6.45) is 5.39.